The van der Waals surface area contributed by atoms with Gasteiger partial charge >= 0.3 is 0 Å². The van der Waals surface area contributed by atoms with Crippen LogP contribution in [-0.2, 0) is 5.60 Å². The Morgan fingerprint density at radius 1 is 1.47 bits per heavy atom. The first-order chi connectivity index (χ1) is 7.13. The van der Waals surface area contributed by atoms with Gasteiger partial charge in [0.15, 0.2) is 0 Å². The summed E-state index contributed by atoms with van der Waals surface area (Å²) in [5, 5.41) is 13.8. The van der Waals surface area contributed by atoms with Gasteiger partial charge in [-0.25, -0.2) is 4.98 Å². The van der Waals surface area contributed by atoms with Crippen molar-refractivity contribution < 1.29 is 5.11 Å². The van der Waals surface area contributed by atoms with Crippen molar-refractivity contribution >= 4 is 5.82 Å². The number of piperidine rings is 1. The van der Waals surface area contributed by atoms with E-state index in [-0.39, 0.29) is 0 Å². The highest BCUT2D eigenvalue weighted by atomic mass is 16.3. The smallest absolute Gasteiger partial charge is 0.129 e. The maximum absolute atomic E-state index is 10.5. The molecule has 2 rings (SSSR count). The summed E-state index contributed by atoms with van der Waals surface area (Å²) in [5.41, 5.74) is 6.88. The summed E-state index contributed by atoms with van der Waals surface area (Å²) < 4.78 is 0. The van der Waals surface area contributed by atoms with E-state index in [4.69, 9.17) is 5.73 Å². The average molecular weight is 207 g/mol. The van der Waals surface area contributed by atoms with Gasteiger partial charge in [-0.2, -0.15) is 0 Å². The van der Waals surface area contributed by atoms with Gasteiger partial charge in [0.2, 0.25) is 0 Å². The van der Waals surface area contributed by atoms with E-state index in [1.165, 1.54) is 0 Å². The quantitative estimate of drug-likeness (QED) is 0.628. The number of hydrogen-bond donors (Lipinski definition) is 3. The minimum Gasteiger partial charge on any atom is -0.385 e. The second-order valence-electron chi connectivity index (χ2n) is 4.17. The minimum absolute atomic E-state index is 0.458. The van der Waals surface area contributed by atoms with E-state index in [9.17, 15) is 5.11 Å². The third-order valence-corrected chi connectivity index (χ3v) is 3.08. The average Bonchev–Trinajstić information content (AvgIpc) is 2.18. The number of nitrogens with two attached hydrogens (primary N) is 1. The van der Waals surface area contributed by atoms with Crippen LogP contribution in [0.1, 0.15) is 24.0 Å². The van der Waals surface area contributed by atoms with E-state index in [0.717, 1.165) is 24.2 Å². The van der Waals surface area contributed by atoms with Gasteiger partial charge in [-0.15, -0.1) is 0 Å². The summed E-state index contributed by atoms with van der Waals surface area (Å²) in [5.74, 6) is 0.458. The van der Waals surface area contributed by atoms with E-state index < -0.39 is 5.60 Å². The van der Waals surface area contributed by atoms with E-state index in [2.05, 4.69) is 10.3 Å². The predicted molar refractivity (Wildman–Crippen MR) is 59.4 cm³/mol. The molecule has 0 radical (unpaired) electrons. The van der Waals surface area contributed by atoms with Gasteiger partial charge in [0.05, 0.1) is 5.60 Å². The highest BCUT2D eigenvalue weighted by Gasteiger charge is 2.34. The summed E-state index contributed by atoms with van der Waals surface area (Å²) in [6.07, 6.45) is 3.08. The molecule has 82 valence electrons. The van der Waals surface area contributed by atoms with Crippen LogP contribution in [0.3, 0.4) is 0 Å². The van der Waals surface area contributed by atoms with Crippen molar-refractivity contribution in [3.63, 3.8) is 0 Å². The first kappa shape index (κ1) is 10.4. The third kappa shape index (κ3) is 1.82. The highest BCUT2D eigenvalue weighted by molar-refractivity contribution is 5.48. The number of aryl methyl sites for hydroxylation is 1. The van der Waals surface area contributed by atoms with Crippen LogP contribution in [0, 0.1) is 6.92 Å². The molecule has 2 heterocycles. The lowest BCUT2D eigenvalue weighted by Gasteiger charge is -2.34. The molecular formula is C11H17N3O. The van der Waals surface area contributed by atoms with Gasteiger partial charge in [-0.1, -0.05) is 0 Å². The van der Waals surface area contributed by atoms with Crippen molar-refractivity contribution in [3.8, 4) is 0 Å². The van der Waals surface area contributed by atoms with E-state index in [1.54, 1.807) is 6.20 Å². The molecule has 0 aliphatic carbocycles. The van der Waals surface area contributed by atoms with Gasteiger partial charge in [0.25, 0.3) is 0 Å². The zero-order chi connectivity index (χ0) is 10.9. The van der Waals surface area contributed by atoms with Crippen LogP contribution in [0.4, 0.5) is 5.82 Å². The lowest BCUT2D eigenvalue weighted by atomic mass is 9.83. The largest absolute Gasteiger partial charge is 0.385 e. The molecule has 0 unspecified atom stereocenters. The van der Waals surface area contributed by atoms with Crippen molar-refractivity contribution in [3.05, 3.63) is 23.4 Å². The summed E-state index contributed by atoms with van der Waals surface area (Å²) in [6.45, 7) is 3.61. The van der Waals surface area contributed by atoms with Gasteiger partial charge in [0, 0.05) is 11.8 Å². The molecule has 1 fully saturated rings. The number of nitrogens with one attached hydrogen (secondary N) is 1. The van der Waals surface area contributed by atoms with Crippen molar-refractivity contribution in [2.75, 3.05) is 18.8 Å². The van der Waals surface area contributed by atoms with Crippen molar-refractivity contribution in [1.82, 2.24) is 10.3 Å². The molecule has 1 aromatic heterocycles. The zero-order valence-electron chi connectivity index (χ0n) is 8.95. The first-order valence-electron chi connectivity index (χ1n) is 5.28. The third-order valence-electron chi connectivity index (χ3n) is 3.08. The first-order valence-corrected chi connectivity index (χ1v) is 5.28. The Morgan fingerprint density at radius 3 is 2.73 bits per heavy atom. The molecular weight excluding hydrogens is 190 g/mol. The second-order valence-corrected chi connectivity index (χ2v) is 4.17. The molecule has 4 N–H and O–H groups in total. The molecule has 1 aromatic rings. The molecule has 4 heteroatoms. The molecule has 0 bridgehead atoms. The number of pyridine rings is 1. The second kappa shape index (κ2) is 3.79. The number of nitrogens with zero attached hydrogens (tertiary/aromatic N) is 1. The monoisotopic (exact) mass is 207 g/mol. The van der Waals surface area contributed by atoms with Crippen LogP contribution in [0.15, 0.2) is 12.3 Å². The molecule has 1 saturated heterocycles. The SMILES string of the molecule is Cc1ccnc(N)c1C1(O)CCNCC1. The molecule has 0 atom stereocenters. The zero-order valence-corrected chi connectivity index (χ0v) is 8.95. The molecule has 0 amide bonds. The Bertz CT molecular complexity index is 339. The van der Waals surface area contributed by atoms with Gasteiger partial charge < -0.3 is 16.2 Å². The standard InChI is InChI=1S/C11H17N3O/c1-8-2-5-14-10(12)9(8)11(15)3-6-13-7-4-11/h2,5,13,15H,3-4,6-7H2,1H3,(H2,12,14). The number of aliphatic hydroxyl groups is 1. The Labute approximate surface area is 89.5 Å². The fraction of sp³-hybridized carbons (Fsp3) is 0.545. The topological polar surface area (TPSA) is 71.2 Å². The molecule has 0 saturated carbocycles. The molecule has 1 aliphatic rings. The van der Waals surface area contributed by atoms with E-state index in [0.29, 0.717) is 18.7 Å². The number of aromatic nitrogens is 1. The van der Waals surface area contributed by atoms with Crippen LogP contribution in [-0.4, -0.2) is 23.2 Å². The number of rotatable bonds is 1. The summed E-state index contributed by atoms with van der Waals surface area (Å²) in [4.78, 5) is 4.06. The number of nitrogen functional groups attached to an aromatic ring is 1. The molecule has 1 aliphatic heterocycles. The molecule has 4 nitrogen and oxygen atoms in total. The van der Waals surface area contributed by atoms with Crippen molar-refractivity contribution in [2.24, 2.45) is 0 Å². The maximum atomic E-state index is 10.5. The van der Waals surface area contributed by atoms with Crippen LogP contribution >= 0.6 is 0 Å². The Balaban J connectivity index is 2.42. The predicted octanol–water partition coefficient (Wildman–Crippen LogP) is 0.543. The van der Waals surface area contributed by atoms with E-state index >= 15 is 0 Å². The number of hydrogen-bond acceptors (Lipinski definition) is 4. The van der Waals surface area contributed by atoms with Gasteiger partial charge in [-0.3, -0.25) is 0 Å². The van der Waals surface area contributed by atoms with Gasteiger partial charge in [-0.05, 0) is 44.5 Å². The van der Waals surface area contributed by atoms with Crippen LogP contribution in [0.5, 0.6) is 0 Å². The molecule has 0 spiro atoms. The van der Waals surface area contributed by atoms with Crippen LogP contribution in [0.25, 0.3) is 0 Å². The Hall–Kier alpha value is -1.13. The Morgan fingerprint density at radius 2 is 2.13 bits per heavy atom. The molecule has 0 aromatic carbocycles. The fourth-order valence-corrected chi connectivity index (χ4v) is 2.28. The fourth-order valence-electron chi connectivity index (χ4n) is 2.28. The van der Waals surface area contributed by atoms with Crippen molar-refractivity contribution in [2.45, 2.75) is 25.4 Å². The minimum atomic E-state index is -0.798. The lowest BCUT2D eigenvalue weighted by molar-refractivity contribution is 0.00586. The van der Waals surface area contributed by atoms with Crippen LogP contribution in [0.2, 0.25) is 0 Å². The molecule has 15 heavy (non-hydrogen) atoms. The normalized spacial score (nSPS) is 20.1. The van der Waals surface area contributed by atoms with E-state index in [1.807, 2.05) is 13.0 Å². The Kier molecular flexibility index (Phi) is 2.63. The van der Waals surface area contributed by atoms with Gasteiger partial charge in [0.1, 0.15) is 5.82 Å². The lowest BCUT2D eigenvalue weighted by Crippen LogP contribution is -2.40. The van der Waals surface area contributed by atoms with Crippen molar-refractivity contribution in [1.29, 1.82) is 0 Å². The number of anilines is 1. The maximum Gasteiger partial charge on any atom is 0.129 e. The highest BCUT2D eigenvalue weighted by Crippen LogP contribution is 2.35. The van der Waals surface area contributed by atoms with Crippen LogP contribution < -0.4 is 11.1 Å². The summed E-state index contributed by atoms with van der Waals surface area (Å²) >= 11 is 0. The summed E-state index contributed by atoms with van der Waals surface area (Å²) in [6, 6.07) is 1.89. The summed E-state index contributed by atoms with van der Waals surface area (Å²) in [7, 11) is 0.